The van der Waals surface area contributed by atoms with Crippen LogP contribution in [0.1, 0.15) is 13.3 Å². The molecule has 0 saturated carbocycles. The summed E-state index contributed by atoms with van der Waals surface area (Å²) in [6.45, 7) is 4.45. The molecule has 2 heteroatoms. The van der Waals surface area contributed by atoms with Gasteiger partial charge in [0.1, 0.15) is 0 Å². The van der Waals surface area contributed by atoms with Gasteiger partial charge in [-0.05, 0) is 6.42 Å². The first-order valence-corrected chi connectivity index (χ1v) is 3.45. The highest BCUT2D eigenvalue weighted by atomic mass is 15.3. The molecule has 1 aliphatic heterocycles. The van der Waals surface area contributed by atoms with Crippen LogP contribution in [0.2, 0.25) is 0 Å². The van der Waals surface area contributed by atoms with Gasteiger partial charge in [0, 0.05) is 26.0 Å². The van der Waals surface area contributed by atoms with Crippen LogP contribution in [0.4, 0.5) is 0 Å². The Morgan fingerprint density at radius 3 is 2.67 bits per heavy atom. The molecule has 0 N–H and O–H groups in total. The van der Waals surface area contributed by atoms with Crippen LogP contribution in [0.15, 0.2) is 12.4 Å². The summed E-state index contributed by atoms with van der Waals surface area (Å²) in [4.78, 5) is 4.48. The molecule has 0 radical (unpaired) electrons. The molecule has 0 saturated heterocycles. The molecule has 1 heterocycles. The van der Waals surface area contributed by atoms with E-state index in [1.165, 1.54) is 13.0 Å². The standard InChI is InChI=1S/C7H14N2/c1-3-4-9-6-5-8(2)7-9/h5-6H,3-4,7H2,1-2H3. The molecule has 0 atom stereocenters. The molecule has 0 unspecified atom stereocenters. The second-order valence-electron chi connectivity index (χ2n) is 2.51. The molecule has 0 amide bonds. The van der Waals surface area contributed by atoms with Crippen LogP contribution >= 0.6 is 0 Å². The van der Waals surface area contributed by atoms with Crippen LogP contribution in [0.5, 0.6) is 0 Å². The Bertz CT molecular complexity index is 109. The van der Waals surface area contributed by atoms with Crippen LogP contribution in [0.3, 0.4) is 0 Å². The maximum Gasteiger partial charge on any atom is 0.0890 e. The third kappa shape index (κ3) is 1.63. The predicted octanol–water partition coefficient (Wildman–Crippen LogP) is 1.07. The average molecular weight is 126 g/mol. The first-order chi connectivity index (χ1) is 4.33. The van der Waals surface area contributed by atoms with Crippen LogP contribution in [-0.4, -0.2) is 30.1 Å². The summed E-state index contributed by atoms with van der Waals surface area (Å²) in [5, 5.41) is 0. The van der Waals surface area contributed by atoms with E-state index in [1.54, 1.807) is 0 Å². The molecule has 0 aromatic rings. The van der Waals surface area contributed by atoms with E-state index < -0.39 is 0 Å². The zero-order valence-electron chi connectivity index (χ0n) is 6.17. The van der Waals surface area contributed by atoms with E-state index in [0.29, 0.717) is 0 Å². The number of rotatable bonds is 2. The highest BCUT2D eigenvalue weighted by Crippen LogP contribution is 2.02. The minimum atomic E-state index is 1.06. The van der Waals surface area contributed by atoms with Crippen LogP contribution in [0, 0.1) is 0 Å². The van der Waals surface area contributed by atoms with Crippen molar-refractivity contribution in [2.75, 3.05) is 20.3 Å². The quantitative estimate of drug-likeness (QED) is 0.546. The van der Waals surface area contributed by atoms with E-state index in [2.05, 4.69) is 36.2 Å². The Morgan fingerprint density at radius 1 is 1.44 bits per heavy atom. The van der Waals surface area contributed by atoms with Gasteiger partial charge in [-0.3, -0.25) is 0 Å². The Balaban J connectivity index is 2.24. The Morgan fingerprint density at radius 2 is 2.22 bits per heavy atom. The second-order valence-corrected chi connectivity index (χ2v) is 2.51. The zero-order valence-corrected chi connectivity index (χ0v) is 6.17. The van der Waals surface area contributed by atoms with Crippen molar-refractivity contribution in [3.05, 3.63) is 12.4 Å². The van der Waals surface area contributed by atoms with Crippen molar-refractivity contribution in [3.63, 3.8) is 0 Å². The van der Waals surface area contributed by atoms with Crippen molar-refractivity contribution < 1.29 is 0 Å². The molecule has 0 fully saturated rings. The van der Waals surface area contributed by atoms with Crippen molar-refractivity contribution >= 4 is 0 Å². The van der Waals surface area contributed by atoms with E-state index in [-0.39, 0.29) is 0 Å². The summed E-state index contributed by atoms with van der Waals surface area (Å²) in [7, 11) is 2.09. The summed E-state index contributed by atoms with van der Waals surface area (Å²) in [6, 6.07) is 0. The maximum atomic E-state index is 2.31. The van der Waals surface area contributed by atoms with E-state index in [9.17, 15) is 0 Å². The fourth-order valence-electron chi connectivity index (χ4n) is 1.02. The minimum absolute atomic E-state index is 1.06. The van der Waals surface area contributed by atoms with E-state index in [1.807, 2.05) is 0 Å². The SMILES string of the molecule is CCCN1C=CN(C)C1. The van der Waals surface area contributed by atoms with Gasteiger partial charge >= 0.3 is 0 Å². The smallest absolute Gasteiger partial charge is 0.0890 e. The molecule has 9 heavy (non-hydrogen) atoms. The maximum absolute atomic E-state index is 2.31. The molecule has 1 rings (SSSR count). The molecule has 0 aliphatic carbocycles. The van der Waals surface area contributed by atoms with Crippen molar-refractivity contribution in [2.24, 2.45) is 0 Å². The van der Waals surface area contributed by atoms with Gasteiger partial charge in [-0.25, -0.2) is 0 Å². The molecule has 1 aliphatic rings. The number of nitrogens with zero attached hydrogens (tertiary/aromatic N) is 2. The van der Waals surface area contributed by atoms with Crippen LogP contribution < -0.4 is 0 Å². The Hall–Kier alpha value is -0.660. The van der Waals surface area contributed by atoms with Gasteiger partial charge in [0.15, 0.2) is 0 Å². The Labute approximate surface area is 56.8 Å². The van der Waals surface area contributed by atoms with Gasteiger partial charge in [0.2, 0.25) is 0 Å². The summed E-state index contributed by atoms with van der Waals surface area (Å²) < 4.78 is 0. The molecule has 2 nitrogen and oxygen atoms in total. The monoisotopic (exact) mass is 126 g/mol. The largest absolute Gasteiger partial charge is 0.362 e. The normalized spacial score (nSPS) is 17.6. The van der Waals surface area contributed by atoms with Crippen LogP contribution in [0.25, 0.3) is 0 Å². The van der Waals surface area contributed by atoms with Gasteiger partial charge in [-0.15, -0.1) is 0 Å². The fourth-order valence-corrected chi connectivity index (χ4v) is 1.02. The Kier molecular flexibility index (Phi) is 1.98. The topological polar surface area (TPSA) is 6.48 Å². The van der Waals surface area contributed by atoms with Crippen molar-refractivity contribution in [1.82, 2.24) is 9.80 Å². The van der Waals surface area contributed by atoms with Gasteiger partial charge in [0.25, 0.3) is 0 Å². The second kappa shape index (κ2) is 2.76. The third-order valence-electron chi connectivity index (χ3n) is 1.45. The molecular formula is C7H14N2. The summed E-state index contributed by atoms with van der Waals surface area (Å²) in [5.74, 6) is 0. The van der Waals surface area contributed by atoms with Crippen molar-refractivity contribution in [3.8, 4) is 0 Å². The average Bonchev–Trinajstić information content (AvgIpc) is 2.17. The lowest BCUT2D eigenvalue weighted by atomic mass is 10.4. The van der Waals surface area contributed by atoms with Gasteiger partial charge in [-0.2, -0.15) is 0 Å². The third-order valence-corrected chi connectivity index (χ3v) is 1.45. The lowest BCUT2D eigenvalue weighted by molar-refractivity contribution is 0.297. The van der Waals surface area contributed by atoms with Crippen molar-refractivity contribution in [1.29, 1.82) is 0 Å². The predicted molar refractivity (Wildman–Crippen MR) is 38.8 cm³/mol. The van der Waals surface area contributed by atoms with E-state index >= 15 is 0 Å². The van der Waals surface area contributed by atoms with Gasteiger partial charge in [0.05, 0.1) is 6.67 Å². The first-order valence-electron chi connectivity index (χ1n) is 3.45. The first kappa shape index (κ1) is 6.46. The molecule has 0 spiro atoms. The molecule has 0 bridgehead atoms. The number of hydrogen-bond donors (Lipinski definition) is 0. The highest BCUT2D eigenvalue weighted by Gasteiger charge is 2.04. The summed E-state index contributed by atoms with van der Waals surface area (Å²) in [6.07, 6.45) is 5.48. The number of hydrogen-bond acceptors (Lipinski definition) is 2. The summed E-state index contributed by atoms with van der Waals surface area (Å²) >= 11 is 0. The minimum Gasteiger partial charge on any atom is -0.362 e. The molecule has 0 aromatic carbocycles. The fraction of sp³-hybridized carbons (Fsp3) is 0.714. The lowest BCUT2D eigenvalue weighted by Gasteiger charge is -2.16. The highest BCUT2D eigenvalue weighted by molar-refractivity contribution is 4.87. The zero-order chi connectivity index (χ0) is 6.69. The van der Waals surface area contributed by atoms with Crippen LogP contribution in [-0.2, 0) is 0 Å². The van der Waals surface area contributed by atoms with Gasteiger partial charge < -0.3 is 9.80 Å². The molecular weight excluding hydrogens is 112 g/mol. The molecule has 0 aromatic heterocycles. The van der Waals surface area contributed by atoms with Gasteiger partial charge in [-0.1, -0.05) is 6.92 Å². The molecule has 52 valence electrons. The van der Waals surface area contributed by atoms with E-state index in [0.717, 1.165) is 6.67 Å². The van der Waals surface area contributed by atoms with E-state index in [4.69, 9.17) is 0 Å². The van der Waals surface area contributed by atoms with Crippen molar-refractivity contribution in [2.45, 2.75) is 13.3 Å². The lowest BCUT2D eigenvalue weighted by Crippen LogP contribution is -2.22. The summed E-state index contributed by atoms with van der Waals surface area (Å²) in [5.41, 5.74) is 0.